The molecule has 5 heteroatoms. The number of carbonyl (C=O) groups excluding carboxylic acids is 1. The van der Waals surface area contributed by atoms with Crippen molar-refractivity contribution in [3.8, 4) is 5.75 Å². The Hall–Kier alpha value is -1.75. The van der Waals surface area contributed by atoms with Crippen LogP contribution in [0.1, 0.15) is 39.4 Å². The molecular formula is C14H21NO4. The zero-order valence-corrected chi connectivity index (χ0v) is 12.0. The Kier molecular flexibility index (Phi) is 4.78. The molecule has 0 aromatic heterocycles. The van der Waals surface area contributed by atoms with Gasteiger partial charge in [-0.25, -0.2) is 4.79 Å². The molecule has 1 amide bonds. The van der Waals surface area contributed by atoms with E-state index in [1.807, 2.05) is 0 Å². The van der Waals surface area contributed by atoms with Gasteiger partial charge in [0.1, 0.15) is 11.4 Å². The summed E-state index contributed by atoms with van der Waals surface area (Å²) in [5.74, 6) is 0.476. The third-order valence-electron chi connectivity index (χ3n) is 2.34. The minimum Gasteiger partial charge on any atom is -0.495 e. The summed E-state index contributed by atoms with van der Waals surface area (Å²) < 4.78 is 10.3. The Morgan fingerprint density at radius 1 is 1.37 bits per heavy atom. The van der Waals surface area contributed by atoms with E-state index in [4.69, 9.17) is 9.47 Å². The van der Waals surface area contributed by atoms with Crippen LogP contribution < -0.4 is 10.1 Å². The molecule has 0 heterocycles. The molecule has 19 heavy (non-hydrogen) atoms. The monoisotopic (exact) mass is 267 g/mol. The molecule has 1 aromatic rings. The van der Waals surface area contributed by atoms with Gasteiger partial charge in [0.05, 0.1) is 18.9 Å². The van der Waals surface area contributed by atoms with Gasteiger partial charge in [-0.05, 0) is 45.4 Å². The Morgan fingerprint density at radius 3 is 2.47 bits per heavy atom. The first-order valence-electron chi connectivity index (χ1n) is 6.09. The number of aliphatic hydroxyl groups excluding tert-OH is 1. The first-order valence-corrected chi connectivity index (χ1v) is 6.09. The predicted molar refractivity (Wildman–Crippen MR) is 73.5 cm³/mol. The molecule has 1 aromatic carbocycles. The van der Waals surface area contributed by atoms with Gasteiger partial charge >= 0.3 is 6.09 Å². The number of methoxy groups -OCH3 is 1. The molecule has 0 radical (unpaired) electrons. The number of rotatable bonds is 3. The van der Waals surface area contributed by atoms with E-state index in [0.717, 1.165) is 0 Å². The third kappa shape index (κ3) is 4.79. The number of hydrogen-bond acceptors (Lipinski definition) is 4. The average molecular weight is 267 g/mol. The summed E-state index contributed by atoms with van der Waals surface area (Å²) in [6.07, 6.45) is -1.14. The highest BCUT2D eigenvalue weighted by Gasteiger charge is 2.17. The topological polar surface area (TPSA) is 67.8 Å². The number of amides is 1. The molecule has 0 bridgehead atoms. The van der Waals surface area contributed by atoms with Crippen molar-refractivity contribution in [2.75, 3.05) is 12.4 Å². The second kappa shape index (κ2) is 5.93. The summed E-state index contributed by atoms with van der Waals surface area (Å²) in [5, 5.41) is 12.1. The summed E-state index contributed by atoms with van der Waals surface area (Å²) >= 11 is 0. The highest BCUT2D eigenvalue weighted by Crippen LogP contribution is 2.28. The Bertz CT molecular complexity index is 449. The van der Waals surface area contributed by atoms with Crippen molar-refractivity contribution in [1.82, 2.24) is 0 Å². The van der Waals surface area contributed by atoms with E-state index in [2.05, 4.69) is 5.32 Å². The van der Waals surface area contributed by atoms with E-state index in [1.165, 1.54) is 7.11 Å². The van der Waals surface area contributed by atoms with Gasteiger partial charge < -0.3 is 14.6 Å². The van der Waals surface area contributed by atoms with E-state index in [0.29, 0.717) is 17.0 Å². The quantitative estimate of drug-likeness (QED) is 0.883. The molecule has 106 valence electrons. The molecule has 5 nitrogen and oxygen atoms in total. The molecule has 0 saturated carbocycles. The highest BCUT2D eigenvalue weighted by atomic mass is 16.6. The van der Waals surface area contributed by atoms with Crippen LogP contribution in [0.25, 0.3) is 0 Å². The maximum absolute atomic E-state index is 11.7. The number of nitrogens with one attached hydrogen (secondary N) is 1. The molecule has 0 fully saturated rings. The Morgan fingerprint density at radius 2 is 2.00 bits per heavy atom. The third-order valence-corrected chi connectivity index (χ3v) is 2.34. The van der Waals surface area contributed by atoms with Crippen molar-refractivity contribution in [3.05, 3.63) is 23.8 Å². The van der Waals surface area contributed by atoms with Crippen LogP contribution in [-0.2, 0) is 4.74 Å². The second-order valence-electron chi connectivity index (χ2n) is 5.26. The zero-order valence-electron chi connectivity index (χ0n) is 12.0. The molecule has 2 N–H and O–H groups in total. The lowest BCUT2D eigenvalue weighted by molar-refractivity contribution is 0.0635. The molecule has 0 aliphatic rings. The van der Waals surface area contributed by atoms with Crippen LogP contribution in [0.2, 0.25) is 0 Å². The first kappa shape index (κ1) is 15.3. The number of carbonyl (C=O) groups is 1. The number of aliphatic hydroxyl groups is 1. The molecule has 1 rings (SSSR count). The van der Waals surface area contributed by atoms with Crippen LogP contribution in [-0.4, -0.2) is 23.9 Å². The molecule has 0 aliphatic carbocycles. The van der Waals surface area contributed by atoms with Crippen LogP contribution in [0.15, 0.2) is 18.2 Å². The highest BCUT2D eigenvalue weighted by molar-refractivity contribution is 5.87. The van der Waals surface area contributed by atoms with E-state index in [9.17, 15) is 9.90 Å². The van der Waals surface area contributed by atoms with Crippen molar-refractivity contribution in [3.63, 3.8) is 0 Å². The predicted octanol–water partition coefficient (Wildman–Crippen LogP) is 3.10. The van der Waals surface area contributed by atoms with Crippen molar-refractivity contribution in [1.29, 1.82) is 0 Å². The van der Waals surface area contributed by atoms with Crippen LogP contribution >= 0.6 is 0 Å². The summed E-state index contributed by atoms with van der Waals surface area (Å²) in [4.78, 5) is 11.7. The lowest BCUT2D eigenvalue weighted by Gasteiger charge is -2.20. The maximum Gasteiger partial charge on any atom is 0.412 e. The SMILES string of the molecule is COc1cc(C(C)O)ccc1NC(=O)OC(C)(C)C. The molecular weight excluding hydrogens is 246 g/mol. The van der Waals surface area contributed by atoms with Crippen molar-refractivity contribution < 1.29 is 19.4 Å². The maximum atomic E-state index is 11.7. The fourth-order valence-electron chi connectivity index (χ4n) is 1.48. The number of anilines is 1. The number of ether oxygens (including phenoxy) is 2. The van der Waals surface area contributed by atoms with Crippen molar-refractivity contribution in [2.45, 2.75) is 39.4 Å². The fraction of sp³-hybridized carbons (Fsp3) is 0.500. The molecule has 1 atom stereocenters. The van der Waals surface area contributed by atoms with Crippen LogP contribution in [0.4, 0.5) is 10.5 Å². The summed E-state index contributed by atoms with van der Waals surface area (Å²) in [7, 11) is 1.50. The molecule has 0 spiro atoms. The summed E-state index contributed by atoms with van der Waals surface area (Å²) in [5.41, 5.74) is 0.657. The van der Waals surface area contributed by atoms with E-state index >= 15 is 0 Å². The van der Waals surface area contributed by atoms with Gasteiger partial charge in [0.15, 0.2) is 0 Å². The van der Waals surface area contributed by atoms with Crippen molar-refractivity contribution in [2.24, 2.45) is 0 Å². The van der Waals surface area contributed by atoms with Gasteiger partial charge in [-0.1, -0.05) is 6.07 Å². The number of benzene rings is 1. The van der Waals surface area contributed by atoms with E-state index in [1.54, 1.807) is 45.9 Å². The van der Waals surface area contributed by atoms with Crippen molar-refractivity contribution >= 4 is 11.8 Å². The van der Waals surface area contributed by atoms with E-state index in [-0.39, 0.29) is 0 Å². The minimum atomic E-state index is -0.593. The Labute approximate surface area is 113 Å². The number of hydrogen-bond donors (Lipinski definition) is 2. The van der Waals surface area contributed by atoms with Gasteiger partial charge in [0.2, 0.25) is 0 Å². The zero-order chi connectivity index (χ0) is 14.6. The molecule has 0 saturated heterocycles. The van der Waals surface area contributed by atoms with Crippen LogP contribution in [0, 0.1) is 0 Å². The molecule has 1 unspecified atom stereocenters. The van der Waals surface area contributed by atoms with Gasteiger partial charge in [-0.15, -0.1) is 0 Å². The fourth-order valence-corrected chi connectivity index (χ4v) is 1.48. The van der Waals surface area contributed by atoms with Crippen LogP contribution in [0.3, 0.4) is 0 Å². The smallest absolute Gasteiger partial charge is 0.412 e. The standard InChI is InChI=1S/C14H21NO4/c1-9(16)10-6-7-11(12(8-10)18-5)15-13(17)19-14(2,3)4/h6-9,16H,1-5H3,(H,15,17). The van der Waals surface area contributed by atoms with Gasteiger partial charge in [0.25, 0.3) is 0 Å². The van der Waals surface area contributed by atoms with Gasteiger partial charge in [-0.3, -0.25) is 5.32 Å². The Balaban J connectivity index is 2.86. The second-order valence-corrected chi connectivity index (χ2v) is 5.26. The lowest BCUT2D eigenvalue weighted by atomic mass is 10.1. The normalized spacial score (nSPS) is 12.7. The van der Waals surface area contributed by atoms with E-state index < -0.39 is 17.8 Å². The van der Waals surface area contributed by atoms with Gasteiger partial charge in [0, 0.05) is 0 Å². The summed E-state index contributed by atoms with van der Waals surface area (Å²) in [6.45, 7) is 7.04. The first-order chi connectivity index (χ1) is 8.73. The lowest BCUT2D eigenvalue weighted by Crippen LogP contribution is -2.27. The largest absolute Gasteiger partial charge is 0.495 e. The summed E-state index contributed by atoms with van der Waals surface area (Å²) in [6, 6.07) is 5.07. The van der Waals surface area contributed by atoms with Gasteiger partial charge in [-0.2, -0.15) is 0 Å². The molecule has 0 aliphatic heterocycles. The van der Waals surface area contributed by atoms with Crippen LogP contribution in [0.5, 0.6) is 5.75 Å². The minimum absolute atomic E-state index is 0.476. The average Bonchev–Trinajstić information content (AvgIpc) is 2.26.